The Morgan fingerprint density at radius 2 is 2.12 bits per heavy atom. The molecule has 1 amide bonds. The molecular formula is C12H16N2O2. The number of aromatic hydroxyl groups is 1. The molecule has 0 atom stereocenters. The van der Waals surface area contributed by atoms with Crippen LogP contribution in [0.2, 0.25) is 0 Å². The van der Waals surface area contributed by atoms with Crippen LogP contribution in [0.25, 0.3) is 0 Å². The number of amides is 1. The van der Waals surface area contributed by atoms with Crippen molar-refractivity contribution in [1.29, 1.82) is 0 Å². The molecule has 1 fully saturated rings. The van der Waals surface area contributed by atoms with Crippen molar-refractivity contribution >= 4 is 5.91 Å². The summed E-state index contributed by atoms with van der Waals surface area (Å²) in [5.41, 5.74) is 0.316. The van der Waals surface area contributed by atoms with Crippen LogP contribution in [0.1, 0.15) is 43.0 Å². The van der Waals surface area contributed by atoms with Gasteiger partial charge in [0.1, 0.15) is 5.75 Å². The van der Waals surface area contributed by atoms with Gasteiger partial charge in [-0.1, -0.05) is 12.8 Å². The van der Waals surface area contributed by atoms with Gasteiger partial charge in [0.05, 0.1) is 11.8 Å². The van der Waals surface area contributed by atoms with E-state index >= 15 is 0 Å². The zero-order valence-electron chi connectivity index (χ0n) is 9.36. The first-order valence-electron chi connectivity index (χ1n) is 5.56. The highest BCUT2D eigenvalue weighted by molar-refractivity contribution is 5.94. The van der Waals surface area contributed by atoms with E-state index in [9.17, 15) is 9.90 Å². The van der Waals surface area contributed by atoms with Crippen LogP contribution in [-0.4, -0.2) is 21.5 Å². The Kier molecular flexibility index (Phi) is 2.81. The van der Waals surface area contributed by atoms with Gasteiger partial charge < -0.3 is 10.4 Å². The monoisotopic (exact) mass is 220 g/mol. The molecule has 16 heavy (non-hydrogen) atoms. The summed E-state index contributed by atoms with van der Waals surface area (Å²) in [5.74, 6) is -0.142. The molecule has 1 aromatic rings. The molecule has 2 rings (SSSR count). The van der Waals surface area contributed by atoms with E-state index in [1.807, 2.05) is 0 Å². The predicted molar refractivity (Wildman–Crippen MR) is 60.2 cm³/mol. The molecule has 1 aliphatic rings. The van der Waals surface area contributed by atoms with Crippen molar-refractivity contribution < 1.29 is 9.90 Å². The number of rotatable bonds is 2. The summed E-state index contributed by atoms with van der Waals surface area (Å²) in [6.45, 7) is 2.06. The predicted octanol–water partition coefficient (Wildman–Crippen LogP) is 1.85. The number of nitrogens with zero attached hydrogens (tertiary/aromatic N) is 1. The largest absolute Gasteiger partial charge is 0.506 e. The van der Waals surface area contributed by atoms with E-state index in [4.69, 9.17) is 0 Å². The number of nitrogens with one attached hydrogen (secondary N) is 1. The molecule has 4 heteroatoms. The summed E-state index contributed by atoms with van der Waals surface area (Å²) >= 11 is 0. The maximum Gasteiger partial charge on any atom is 0.253 e. The topological polar surface area (TPSA) is 62.2 Å². The molecule has 0 saturated heterocycles. The van der Waals surface area contributed by atoms with E-state index in [0.29, 0.717) is 5.56 Å². The van der Waals surface area contributed by atoms with E-state index in [0.717, 1.165) is 25.7 Å². The third-order valence-electron chi connectivity index (χ3n) is 3.11. The van der Waals surface area contributed by atoms with Crippen LogP contribution < -0.4 is 5.32 Å². The molecule has 0 spiro atoms. The summed E-state index contributed by atoms with van der Waals surface area (Å²) in [5, 5.41) is 12.3. The highest BCUT2D eigenvalue weighted by Crippen LogP contribution is 2.29. The van der Waals surface area contributed by atoms with E-state index < -0.39 is 0 Å². The third kappa shape index (κ3) is 2.32. The van der Waals surface area contributed by atoms with E-state index in [1.54, 1.807) is 0 Å². The van der Waals surface area contributed by atoms with Crippen LogP contribution in [0.4, 0.5) is 0 Å². The first-order chi connectivity index (χ1) is 7.59. The number of hydrogen-bond acceptors (Lipinski definition) is 3. The average Bonchev–Trinajstić information content (AvgIpc) is 2.65. The first kappa shape index (κ1) is 10.9. The van der Waals surface area contributed by atoms with Crippen LogP contribution in [0.5, 0.6) is 5.75 Å². The number of aromatic nitrogens is 1. The van der Waals surface area contributed by atoms with Crippen molar-refractivity contribution in [1.82, 2.24) is 10.3 Å². The lowest BCUT2D eigenvalue weighted by Crippen LogP contribution is -2.43. The van der Waals surface area contributed by atoms with Gasteiger partial charge in [-0.25, -0.2) is 0 Å². The van der Waals surface area contributed by atoms with Gasteiger partial charge in [0, 0.05) is 11.7 Å². The second-order valence-electron chi connectivity index (χ2n) is 4.65. The number of carbonyl (C=O) groups is 1. The summed E-state index contributed by atoms with van der Waals surface area (Å²) in [7, 11) is 0. The minimum atomic E-state index is -0.159. The number of pyridine rings is 1. The maximum absolute atomic E-state index is 11.9. The van der Waals surface area contributed by atoms with Crippen molar-refractivity contribution in [3.05, 3.63) is 24.0 Å². The molecule has 4 nitrogen and oxygen atoms in total. The Hall–Kier alpha value is -1.58. The molecule has 1 saturated carbocycles. The van der Waals surface area contributed by atoms with Gasteiger partial charge in [-0.3, -0.25) is 9.78 Å². The average molecular weight is 220 g/mol. The molecule has 0 radical (unpaired) electrons. The van der Waals surface area contributed by atoms with Crippen LogP contribution in [0.15, 0.2) is 18.5 Å². The molecule has 0 bridgehead atoms. The van der Waals surface area contributed by atoms with Gasteiger partial charge in [0.25, 0.3) is 5.91 Å². The van der Waals surface area contributed by atoms with Gasteiger partial charge in [-0.05, 0) is 25.8 Å². The van der Waals surface area contributed by atoms with Gasteiger partial charge in [-0.15, -0.1) is 0 Å². The number of hydrogen-bond donors (Lipinski definition) is 2. The minimum Gasteiger partial charge on any atom is -0.506 e. The molecular weight excluding hydrogens is 204 g/mol. The summed E-state index contributed by atoms with van der Waals surface area (Å²) in [4.78, 5) is 15.7. The minimum absolute atomic E-state index is 0.0178. The smallest absolute Gasteiger partial charge is 0.253 e. The van der Waals surface area contributed by atoms with Crippen molar-refractivity contribution in [2.24, 2.45) is 0 Å². The van der Waals surface area contributed by atoms with Crippen molar-refractivity contribution in [2.75, 3.05) is 0 Å². The van der Waals surface area contributed by atoms with Gasteiger partial charge >= 0.3 is 0 Å². The fourth-order valence-corrected chi connectivity index (χ4v) is 2.18. The van der Waals surface area contributed by atoms with Crippen molar-refractivity contribution in [3.8, 4) is 5.75 Å². The SMILES string of the molecule is CC1(NC(=O)c2cncc(O)c2)CCCC1. The van der Waals surface area contributed by atoms with Crippen LogP contribution in [0.3, 0.4) is 0 Å². The van der Waals surface area contributed by atoms with Gasteiger partial charge in [0.15, 0.2) is 0 Å². The van der Waals surface area contributed by atoms with Gasteiger partial charge in [0.2, 0.25) is 0 Å². The molecule has 0 unspecified atom stereocenters. The highest BCUT2D eigenvalue weighted by atomic mass is 16.3. The maximum atomic E-state index is 11.9. The normalized spacial score (nSPS) is 18.3. The lowest BCUT2D eigenvalue weighted by Gasteiger charge is -2.25. The summed E-state index contributed by atoms with van der Waals surface area (Å²) in [6.07, 6.45) is 7.14. The summed E-state index contributed by atoms with van der Waals surface area (Å²) < 4.78 is 0. The second kappa shape index (κ2) is 4.12. The standard InChI is InChI=1S/C12H16N2O2/c1-12(4-2-3-5-12)14-11(16)9-6-10(15)8-13-7-9/h6-8,15H,2-5H2,1H3,(H,14,16). The van der Waals surface area contributed by atoms with Crippen molar-refractivity contribution in [2.45, 2.75) is 38.1 Å². The zero-order chi connectivity index (χ0) is 11.6. The second-order valence-corrected chi connectivity index (χ2v) is 4.65. The molecule has 1 aromatic heterocycles. The van der Waals surface area contributed by atoms with Crippen LogP contribution in [-0.2, 0) is 0 Å². The molecule has 2 N–H and O–H groups in total. The lowest BCUT2D eigenvalue weighted by molar-refractivity contribution is 0.0907. The molecule has 1 aliphatic carbocycles. The number of carbonyl (C=O) groups excluding carboxylic acids is 1. The van der Waals surface area contributed by atoms with E-state index in [2.05, 4.69) is 17.2 Å². The lowest BCUT2D eigenvalue weighted by atomic mass is 10.0. The fourth-order valence-electron chi connectivity index (χ4n) is 2.18. The zero-order valence-corrected chi connectivity index (χ0v) is 9.36. The Bertz CT molecular complexity index is 398. The Labute approximate surface area is 94.7 Å². The van der Waals surface area contributed by atoms with Crippen LogP contribution in [0, 0.1) is 0 Å². The summed E-state index contributed by atoms with van der Waals surface area (Å²) in [6, 6.07) is 1.43. The van der Waals surface area contributed by atoms with Gasteiger partial charge in [-0.2, -0.15) is 0 Å². The Morgan fingerprint density at radius 1 is 1.44 bits per heavy atom. The highest BCUT2D eigenvalue weighted by Gasteiger charge is 2.30. The quantitative estimate of drug-likeness (QED) is 0.799. The van der Waals surface area contributed by atoms with Crippen LogP contribution >= 0.6 is 0 Å². The fraction of sp³-hybridized carbons (Fsp3) is 0.500. The molecule has 1 heterocycles. The molecule has 0 aromatic carbocycles. The van der Waals surface area contributed by atoms with Crippen molar-refractivity contribution in [3.63, 3.8) is 0 Å². The molecule has 0 aliphatic heterocycles. The third-order valence-corrected chi connectivity index (χ3v) is 3.11. The Morgan fingerprint density at radius 3 is 2.75 bits per heavy atom. The molecule has 86 valence electrons. The van der Waals surface area contributed by atoms with E-state index in [-0.39, 0.29) is 17.2 Å². The first-order valence-corrected chi connectivity index (χ1v) is 5.56. The van der Waals surface area contributed by atoms with E-state index in [1.165, 1.54) is 18.5 Å². The Balaban J connectivity index is 2.08.